The van der Waals surface area contributed by atoms with Crippen LogP contribution in [0.4, 0.5) is 0 Å². The fraction of sp³-hybridized carbons (Fsp3) is 0.273. The molecule has 0 spiro atoms. The lowest BCUT2D eigenvalue weighted by molar-refractivity contribution is 0.0783. The molecule has 15 heavy (non-hydrogen) atoms. The summed E-state index contributed by atoms with van der Waals surface area (Å²) in [5, 5.41) is 8.59. The molecule has 0 aliphatic heterocycles. The van der Waals surface area contributed by atoms with Crippen molar-refractivity contribution >= 4 is 28.5 Å². The van der Waals surface area contributed by atoms with Gasteiger partial charge in [0.2, 0.25) is 0 Å². The van der Waals surface area contributed by atoms with Gasteiger partial charge in [-0.15, -0.1) is 0 Å². The Morgan fingerprint density at radius 3 is 2.73 bits per heavy atom. The van der Waals surface area contributed by atoms with Gasteiger partial charge >= 0.3 is 0 Å². The molecule has 78 valence electrons. The fourth-order valence-electron chi connectivity index (χ4n) is 1.22. The van der Waals surface area contributed by atoms with Crippen LogP contribution in [-0.2, 0) is 0 Å². The van der Waals surface area contributed by atoms with Gasteiger partial charge in [-0.2, -0.15) is 5.26 Å². The molecule has 0 N–H and O–H groups in total. The first-order valence-corrected chi connectivity index (χ1v) is 5.69. The van der Waals surface area contributed by atoms with Crippen molar-refractivity contribution in [3.05, 3.63) is 33.4 Å². The number of carbonyl (C=O) groups is 1. The number of halogens is 1. The van der Waals surface area contributed by atoms with Crippen LogP contribution in [0.2, 0.25) is 0 Å². The maximum Gasteiger partial charge on any atom is 0.255 e. The van der Waals surface area contributed by atoms with Crippen LogP contribution in [0.15, 0.2) is 24.3 Å². The van der Waals surface area contributed by atoms with Gasteiger partial charge in [-0.05, 0) is 41.6 Å². The Kier molecular flexibility index (Phi) is 4.56. The minimum Gasteiger partial charge on any atom is -0.326 e. The summed E-state index contributed by atoms with van der Waals surface area (Å²) in [6.07, 6.45) is 0. The number of amides is 1. The van der Waals surface area contributed by atoms with Gasteiger partial charge in [-0.3, -0.25) is 4.79 Å². The van der Waals surface area contributed by atoms with Crippen LogP contribution in [0.3, 0.4) is 0 Å². The van der Waals surface area contributed by atoms with Crippen molar-refractivity contribution in [3.63, 3.8) is 0 Å². The van der Waals surface area contributed by atoms with Crippen LogP contribution in [0.1, 0.15) is 17.3 Å². The minimum absolute atomic E-state index is 0.0796. The maximum absolute atomic E-state index is 12.0. The molecule has 0 aliphatic carbocycles. The largest absolute Gasteiger partial charge is 0.326 e. The summed E-state index contributed by atoms with van der Waals surface area (Å²) in [4.78, 5) is 13.5. The second kappa shape index (κ2) is 5.71. The van der Waals surface area contributed by atoms with Crippen molar-refractivity contribution in [1.82, 2.24) is 4.90 Å². The number of hydrogen-bond acceptors (Lipinski definition) is 2. The fourth-order valence-corrected chi connectivity index (χ4v) is 1.84. The van der Waals surface area contributed by atoms with E-state index in [1.54, 1.807) is 6.07 Å². The molecule has 0 radical (unpaired) electrons. The molecule has 0 aromatic heterocycles. The first kappa shape index (κ1) is 12.0. The molecule has 0 unspecified atom stereocenters. The SMILES string of the molecule is CCN(CC#N)C(=O)c1ccccc1I. The number of nitriles is 1. The zero-order valence-corrected chi connectivity index (χ0v) is 10.6. The molecule has 1 amide bonds. The molecule has 0 heterocycles. The second-order valence-electron chi connectivity index (χ2n) is 2.96. The third-order valence-electron chi connectivity index (χ3n) is 2.03. The molecule has 0 bridgehead atoms. The van der Waals surface area contributed by atoms with Gasteiger partial charge in [0.15, 0.2) is 0 Å². The van der Waals surface area contributed by atoms with E-state index in [0.29, 0.717) is 12.1 Å². The molecular formula is C11H11IN2O. The molecule has 0 atom stereocenters. The highest BCUT2D eigenvalue weighted by Gasteiger charge is 2.15. The highest BCUT2D eigenvalue weighted by atomic mass is 127. The molecule has 0 saturated carbocycles. The smallest absolute Gasteiger partial charge is 0.255 e. The summed E-state index contributed by atoms with van der Waals surface area (Å²) in [6, 6.07) is 9.37. The first-order valence-electron chi connectivity index (χ1n) is 4.61. The summed E-state index contributed by atoms with van der Waals surface area (Å²) in [7, 11) is 0. The van der Waals surface area contributed by atoms with Gasteiger partial charge in [0.1, 0.15) is 6.54 Å². The Morgan fingerprint density at radius 1 is 1.53 bits per heavy atom. The monoisotopic (exact) mass is 314 g/mol. The molecule has 0 aliphatic rings. The number of hydrogen-bond donors (Lipinski definition) is 0. The lowest BCUT2D eigenvalue weighted by Gasteiger charge is -2.17. The second-order valence-corrected chi connectivity index (χ2v) is 4.12. The summed E-state index contributed by atoms with van der Waals surface area (Å²) in [5.41, 5.74) is 0.662. The number of rotatable bonds is 3. The Labute approximate surface area is 103 Å². The van der Waals surface area contributed by atoms with E-state index in [9.17, 15) is 4.79 Å². The maximum atomic E-state index is 12.0. The predicted molar refractivity (Wildman–Crippen MR) is 66.3 cm³/mol. The van der Waals surface area contributed by atoms with Crippen molar-refractivity contribution in [2.45, 2.75) is 6.92 Å². The summed E-state index contributed by atoms with van der Waals surface area (Å²) in [5.74, 6) is -0.0796. The zero-order chi connectivity index (χ0) is 11.3. The van der Waals surface area contributed by atoms with Crippen LogP contribution in [0.25, 0.3) is 0 Å². The lowest BCUT2D eigenvalue weighted by Crippen LogP contribution is -2.31. The molecule has 0 saturated heterocycles. The normalized spacial score (nSPS) is 9.40. The van der Waals surface area contributed by atoms with E-state index in [-0.39, 0.29) is 12.5 Å². The molecular weight excluding hydrogens is 303 g/mol. The van der Waals surface area contributed by atoms with E-state index in [1.807, 2.05) is 31.2 Å². The minimum atomic E-state index is -0.0796. The van der Waals surface area contributed by atoms with Gasteiger partial charge in [0.05, 0.1) is 11.6 Å². The Bertz CT molecular complexity index is 398. The van der Waals surface area contributed by atoms with Crippen molar-refractivity contribution < 1.29 is 4.79 Å². The van der Waals surface area contributed by atoms with Crippen LogP contribution >= 0.6 is 22.6 Å². The van der Waals surface area contributed by atoms with E-state index in [2.05, 4.69) is 22.6 Å². The number of nitrogens with zero attached hydrogens (tertiary/aromatic N) is 2. The van der Waals surface area contributed by atoms with Gasteiger partial charge in [0, 0.05) is 10.1 Å². The molecule has 1 rings (SSSR count). The van der Waals surface area contributed by atoms with E-state index < -0.39 is 0 Å². The number of benzene rings is 1. The third-order valence-corrected chi connectivity index (χ3v) is 2.98. The lowest BCUT2D eigenvalue weighted by atomic mass is 10.2. The summed E-state index contributed by atoms with van der Waals surface area (Å²) in [6.45, 7) is 2.56. The van der Waals surface area contributed by atoms with Crippen molar-refractivity contribution in [3.8, 4) is 6.07 Å². The van der Waals surface area contributed by atoms with Crippen molar-refractivity contribution in [1.29, 1.82) is 5.26 Å². The third kappa shape index (κ3) is 2.93. The van der Waals surface area contributed by atoms with Gasteiger partial charge in [0.25, 0.3) is 5.91 Å². The van der Waals surface area contributed by atoms with Crippen molar-refractivity contribution in [2.75, 3.05) is 13.1 Å². The highest BCUT2D eigenvalue weighted by molar-refractivity contribution is 14.1. The molecule has 3 nitrogen and oxygen atoms in total. The molecule has 4 heteroatoms. The van der Waals surface area contributed by atoms with Gasteiger partial charge in [-0.1, -0.05) is 12.1 Å². The Balaban J connectivity index is 2.94. The predicted octanol–water partition coefficient (Wildman–Crippen LogP) is 2.28. The van der Waals surface area contributed by atoms with Crippen molar-refractivity contribution in [2.24, 2.45) is 0 Å². The van der Waals surface area contributed by atoms with Crippen LogP contribution in [0, 0.1) is 14.9 Å². The standard InChI is InChI=1S/C11H11IN2O/c1-2-14(8-7-13)11(15)9-5-3-4-6-10(9)12/h3-6H,2,8H2,1H3. The van der Waals surface area contributed by atoms with E-state index in [4.69, 9.17) is 5.26 Å². The topological polar surface area (TPSA) is 44.1 Å². The average molecular weight is 314 g/mol. The van der Waals surface area contributed by atoms with Crippen LogP contribution in [-0.4, -0.2) is 23.9 Å². The van der Waals surface area contributed by atoms with Crippen LogP contribution < -0.4 is 0 Å². The summed E-state index contributed by atoms with van der Waals surface area (Å²) >= 11 is 2.12. The Morgan fingerprint density at radius 2 is 2.20 bits per heavy atom. The molecule has 1 aromatic rings. The highest BCUT2D eigenvalue weighted by Crippen LogP contribution is 2.13. The van der Waals surface area contributed by atoms with Gasteiger partial charge in [-0.25, -0.2) is 0 Å². The molecule has 0 fully saturated rings. The average Bonchev–Trinajstić information content (AvgIpc) is 2.25. The zero-order valence-electron chi connectivity index (χ0n) is 8.40. The number of carbonyl (C=O) groups excluding carboxylic acids is 1. The quantitative estimate of drug-likeness (QED) is 0.635. The van der Waals surface area contributed by atoms with E-state index >= 15 is 0 Å². The Hall–Kier alpha value is -1.09. The first-order chi connectivity index (χ1) is 7.20. The van der Waals surface area contributed by atoms with E-state index in [1.165, 1.54) is 4.90 Å². The summed E-state index contributed by atoms with van der Waals surface area (Å²) < 4.78 is 0.913. The van der Waals surface area contributed by atoms with E-state index in [0.717, 1.165) is 3.57 Å². The van der Waals surface area contributed by atoms with Gasteiger partial charge < -0.3 is 4.90 Å². The molecule has 1 aromatic carbocycles. The van der Waals surface area contributed by atoms with Crippen LogP contribution in [0.5, 0.6) is 0 Å².